The summed E-state index contributed by atoms with van der Waals surface area (Å²) < 4.78 is 25.0. The average molecular weight is 294 g/mol. The molecule has 0 aromatic heterocycles. The third kappa shape index (κ3) is 3.08. The summed E-state index contributed by atoms with van der Waals surface area (Å²) in [6.45, 7) is 3.46. The third-order valence-corrected chi connectivity index (χ3v) is 4.65. The van der Waals surface area contributed by atoms with Gasteiger partial charge in [0.25, 0.3) is 0 Å². The standard InChI is InChI=1S/C13H23FO4S/c1-6-11(14)8(10(5-19)17-6)3-4-9-13(16)12(15)7(2)18-9/h6-13,15-16,19H,3-5H2,1-2H3. The molecule has 0 radical (unpaired) electrons. The minimum Gasteiger partial charge on any atom is -0.388 e. The van der Waals surface area contributed by atoms with Gasteiger partial charge >= 0.3 is 0 Å². The van der Waals surface area contributed by atoms with Crippen molar-refractivity contribution in [2.24, 2.45) is 5.92 Å². The Bertz CT molecular complexity index is 306. The predicted octanol–water partition coefficient (Wildman–Crippen LogP) is 0.947. The van der Waals surface area contributed by atoms with Gasteiger partial charge in [-0.2, -0.15) is 12.6 Å². The molecule has 8 atom stereocenters. The van der Waals surface area contributed by atoms with Crippen molar-refractivity contribution in [1.29, 1.82) is 0 Å². The van der Waals surface area contributed by atoms with Gasteiger partial charge in [-0.25, -0.2) is 4.39 Å². The van der Waals surface area contributed by atoms with Crippen LogP contribution < -0.4 is 0 Å². The Kier molecular flexibility index (Phi) is 5.11. The minimum atomic E-state index is -1.00. The molecule has 0 spiro atoms. The second-order valence-corrected chi connectivity index (χ2v) is 5.97. The number of aliphatic hydroxyl groups excluding tert-OH is 2. The average Bonchev–Trinajstić information content (AvgIpc) is 2.80. The van der Waals surface area contributed by atoms with Gasteiger partial charge in [-0.1, -0.05) is 0 Å². The Hall–Kier alpha value is 0.120. The van der Waals surface area contributed by atoms with Crippen LogP contribution in [0.2, 0.25) is 0 Å². The second-order valence-electron chi connectivity index (χ2n) is 5.61. The topological polar surface area (TPSA) is 58.9 Å². The number of ether oxygens (including phenoxy) is 2. The summed E-state index contributed by atoms with van der Waals surface area (Å²) in [7, 11) is 0. The first kappa shape index (κ1) is 15.5. The lowest BCUT2D eigenvalue weighted by Gasteiger charge is -2.21. The number of alkyl halides is 1. The number of rotatable bonds is 4. The molecule has 2 N–H and O–H groups in total. The molecule has 0 saturated carbocycles. The van der Waals surface area contributed by atoms with Crippen LogP contribution in [0.25, 0.3) is 0 Å². The number of hydrogen-bond acceptors (Lipinski definition) is 5. The van der Waals surface area contributed by atoms with E-state index in [0.29, 0.717) is 18.6 Å². The normalized spacial score (nSPS) is 50.8. The van der Waals surface area contributed by atoms with E-state index in [9.17, 15) is 14.6 Å². The Morgan fingerprint density at radius 3 is 2.16 bits per heavy atom. The van der Waals surface area contributed by atoms with Gasteiger partial charge in [0.2, 0.25) is 0 Å². The highest BCUT2D eigenvalue weighted by Crippen LogP contribution is 2.35. The minimum absolute atomic E-state index is 0.186. The molecule has 2 saturated heterocycles. The zero-order valence-electron chi connectivity index (χ0n) is 11.3. The number of hydrogen-bond donors (Lipinski definition) is 3. The maximum Gasteiger partial charge on any atom is 0.131 e. The zero-order chi connectivity index (χ0) is 14.2. The fourth-order valence-corrected chi connectivity index (χ4v) is 3.42. The summed E-state index contributed by atoms with van der Waals surface area (Å²) in [4.78, 5) is 0. The zero-order valence-corrected chi connectivity index (χ0v) is 12.2. The van der Waals surface area contributed by atoms with Gasteiger partial charge in [-0.05, 0) is 26.7 Å². The first-order chi connectivity index (χ1) is 8.95. The summed E-state index contributed by atoms with van der Waals surface area (Å²) in [6, 6.07) is 0. The monoisotopic (exact) mass is 294 g/mol. The highest BCUT2D eigenvalue weighted by molar-refractivity contribution is 7.80. The molecule has 112 valence electrons. The van der Waals surface area contributed by atoms with Gasteiger partial charge in [-0.15, -0.1) is 0 Å². The van der Waals surface area contributed by atoms with E-state index in [1.165, 1.54) is 0 Å². The molecule has 4 nitrogen and oxygen atoms in total. The fraction of sp³-hybridized carbons (Fsp3) is 1.00. The molecule has 0 aliphatic carbocycles. The van der Waals surface area contributed by atoms with Crippen LogP contribution in [-0.4, -0.2) is 58.8 Å². The lowest BCUT2D eigenvalue weighted by atomic mass is 9.91. The second kappa shape index (κ2) is 6.26. The van der Waals surface area contributed by atoms with Crippen LogP contribution in [0.1, 0.15) is 26.7 Å². The van der Waals surface area contributed by atoms with Crippen molar-refractivity contribution >= 4 is 12.6 Å². The summed E-state index contributed by atoms with van der Waals surface area (Å²) in [6.07, 6.45) is -3.04. The Labute approximate surface area is 118 Å². The van der Waals surface area contributed by atoms with Gasteiger partial charge in [-0.3, -0.25) is 0 Å². The molecule has 8 unspecified atom stereocenters. The van der Waals surface area contributed by atoms with Crippen LogP contribution in [0.4, 0.5) is 4.39 Å². The molecule has 0 bridgehead atoms. The Morgan fingerprint density at radius 1 is 1.00 bits per heavy atom. The van der Waals surface area contributed by atoms with Crippen molar-refractivity contribution in [3.05, 3.63) is 0 Å². The highest BCUT2D eigenvalue weighted by atomic mass is 32.1. The first-order valence-corrected chi connectivity index (χ1v) is 7.51. The van der Waals surface area contributed by atoms with Gasteiger partial charge in [0.1, 0.15) is 18.4 Å². The van der Waals surface area contributed by atoms with Crippen molar-refractivity contribution in [1.82, 2.24) is 0 Å². The highest BCUT2D eigenvalue weighted by Gasteiger charge is 2.44. The van der Waals surface area contributed by atoms with Crippen molar-refractivity contribution < 1.29 is 24.1 Å². The van der Waals surface area contributed by atoms with E-state index in [1.807, 2.05) is 0 Å². The molecule has 0 amide bonds. The first-order valence-electron chi connectivity index (χ1n) is 6.87. The molecule has 2 heterocycles. The molecule has 2 aliphatic rings. The Morgan fingerprint density at radius 2 is 1.63 bits per heavy atom. The molecule has 2 rings (SSSR count). The van der Waals surface area contributed by atoms with Crippen LogP contribution in [0, 0.1) is 5.92 Å². The summed E-state index contributed by atoms with van der Waals surface area (Å²) in [5, 5.41) is 19.5. The van der Waals surface area contributed by atoms with Crippen molar-refractivity contribution in [3.63, 3.8) is 0 Å². The van der Waals surface area contributed by atoms with Crippen LogP contribution >= 0.6 is 12.6 Å². The van der Waals surface area contributed by atoms with E-state index in [-0.39, 0.29) is 18.1 Å². The molecule has 2 fully saturated rings. The lowest BCUT2D eigenvalue weighted by Crippen LogP contribution is -2.32. The van der Waals surface area contributed by atoms with Crippen LogP contribution in [-0.2, 0) is 9.47 Å². The van der Waals surface area contributed by atoms with Crippen LogP contribution in [0.5, 0.6) is 0 Å². The van der Waals surface area contributed by atoms with Gasteiger partial charge < -0.3 is 19.7 Å². The maximum absolute atomic E-state index is 14.0. The van der Waals surface area contributed by atoms with Gasteiger partial charge in [0.05, 0.1) is 24.4 Å². The van der Waals surface area contributed by atoms with E-state index in [4.69, 9.17) is 9.47 Å². The molecular formula is C13H23FO4S. The number of halogens is 1. The molecule has 19 heavy (non-hydrogen) atoms. The molecule has 2 aliphatic heterocycles. The number of thiol groups is 1. The molecular weight excluding hydrogens is 271 g/mol. The van der Waals surface area contributed by atoms with E-state index >= 15 is 0 Å². The van der Waals surface area contributed by atoms with E-state index in [2.05, 4.69) is 12.6 Å². The van der Waals surface area contributed by atoms with Crippen LogP contribution in [0.3, 0.4) is 0 Å². The molecule has 0 aromatic rings. The predicted molar refractivity (Wildman–Crippen MR) is 72.2 cm³/mol. The van der Waals surface area contributed by atoms with Crippen molar-refractivity contribution in [2.45, 2.75) is 69.5 Å². The summed E-state index contributed by atoms with van der Waals surface area (Å²) >= 11 is 4.19. The third-order valence-electron chi connectivity index (χ3n) is 4.29. The fourth-order valence-electron chi connectivity index (χ4n) is 3.06. The van der Waals surface area contributed by atoms with Gasteiger partial charge in [0.15, 0.2) is 0 Å². The van der Waals surface area contributed by atoms with Crippen molar-refractivity contribution in [3.8, 4) is 0 Å². The largest absolute Gasteiger partial charge is 0.388 e. The summed E-state index contributed by atoms with van der Waals surface area (Å²) in [5.74, 6) is 0.277. The number of aliphatic hydroxyl groups is 2. The quantitative estimate of drug-likeness (QED) is 0.676. The maximum atomic E-state index is 14.0. The SMILES string of the molecule is CC1OC(CCC2C(CS)OC(C)C2F)C(O)C1O. The van der Waals surface area contributed by atoms with E-state index < -0.39 is 30.6 Å². The Balaban J connectivity index is 1.88. The van der Waals surface area contributed by atoms with Gasteiger partial charge in [0, 0.05) is 11.7 Å². The molecule has 6 heteroatoms. The smallest absolute Gasteiger partial charge is 0.131 e. The summed E-state index contributed by atoms with van der Waals surface area (Å²) in [5.41, 5.74) is 0. The molecule has 0 aromatic carbocycles. The van der Waals surface area contributed by atoms with Crippen molar-refractivity contribution in [2.75, 3.05) is 5.75 Å². The lowest BCUT2D eigenvalue weighted by molar-refractivity contribution is 0.00413. The van der Waals surface area contributed by atoms with E-state index in [0.717, 1.165) is 0 Å². The van der Waals surface area contributed by atoms with Crippen LogP contribution in [0.15, 0.2) is 0 Å². The van der Waals surface area contributed by atoms with E-state index in [1.54, 1.807) is 13.8 Å².